The molecule has 1 aliphatic heterocycles. The number of hydrogen-bond acceptors (Lipinski definition) is 5. The van der Waals surface area contributed by atoms with E-state index in [0.29, 0.717) is 24.7 Å². The van der Waals surface area contributed by atoms with Gasteiger partial charge in [-0.05, 0) is 32.6 Å². The Morgan fingerprint density at radius 3 is 2.70 bits per heavy atom. The van der Waals surface area contributed by atoms with Crippen LogP contribution < -0.4 is 5.73 Å². The summed E-state index contributed by atoms with van der Waals surface area (Å²) in [6.45, 7) is 1.36. The van der Waals surface area contributed by atoms with Crippen molar-refractivity contribution in [1.29, 1.82) is 0 Å². The fourth-order valence-electron chi connectivity index (χ4n) is 2.38. The highest BCUT2D eigenvalue weighted by molar-refractivity contribution is 5.96. The van der Waals surface area contributed by atoms with Crippen molar-refractivity contribution in [2.45, 2.75) is 12.5 Å². The zero-order chi connectivity index (χ0) is 14.9. The number of nitro groups is 1. The maximum atomic E-state index is 12.3. The first-order chi connectivity index (χ1) is 9.40. The first kappa shape index (κ1) is 14.3. The Bertz CT molecular complexity index is 544. The van der Waals surface area contributed by atoms with Gasteiger partial charge in [0.25, 0.3) is 11.6 Å². The number of carbonyl (C=O) groups excluding carboxylic acids is 1. The highest BCUT2D eigenvalue weighted by Crippen LogP contribution is 2.24. The summed E-state index contributed by atoms with van der Waals surface area (Å²) < 4.78 is 0. The summed E-state index contributed by atoms with van der Waals surface area (Å²) in [5.41, 5.74) is 5.86. The molecule has 0 spiro atoms. The Hall–Kier alpha value is -2.15. The highest BCUT2D eigenvalue weighted by atomic mass is 16.6. The molecule has 1 aromatic rings. The molecule has 0 aromatic heterocycles. The number of nitro benzene ring substituents is 1. The first-order valence-electron chi connectivity index (χ1n) is 6.39. The molecule has 0 radical (unpaired) electrons. The van der Waals surface area contributed by atoms with Gasteiger partial charge in [0, 0.05) is 30.8 Å². The molecule has 1 aromatic carbocycles. The second-order valence-electron chi connectivity index (χ2n) is 5.19. The first-order valence-corrected chi connectivity index (χ1v) is 6.39. The topological polar surface area (TPSA) is 92.7 Å². The number of likely N-dealkylation sites (tertiary alicyclic amines) is 1. The van der Waals surface area contributed by atoms with Gasteiger partial charge in [-0.3, -0.25) is 14.9 Å². The SMILES string of the molecule is CN(C)C1CCN(C(=O)c2ccc([N+](=O)[O-])c(N)c2)C1. The molecule has 2 N–H and O–H groups in total. The summed E-state index contributed by atoms with van der Waals surface area (Å²) in [7, 11) is 3.98. The fourth-order valence-corrected chi connectivity index (χ4v) is 2.38. The molecule has 2 rings (SSSR count). The summed E-state index contributed by atoms with van der Waals surface area (Å²) in [5.74, 6) is -0.129. The molecule has 7 nitrogen and oxygen atoms in total. The van der Waals surface area contributed by atoms with E-state index in [1.54, 1.807) is 4.90 Å². The van der Waals surface area contributed by atoms with Gasteiger partial charge in [-0.2, -0.15) is 0 Å². The van der Waals surface area contributed by atoms with E-state index in [4.69, 9.17) is 5.73 Å². The average molecular weight is 278 g/mol. The number of nitrogen functional groups attached to an aromatic ring is 1. The van der Waals surface area contributed by atoms with Crippen LogP contribution in [0, 0.1) is 10.1 Å². The number of hydrogen-bond donors (Lipinski definition) is 1. The Morgan fingerprint density at radius 1 is 1.50 bits per heavy atom. The summed E-state index contributed by atoms with van der Waals surface area (Å²) in [5, 5.41) is 10.7. The Morgan fingerprint density at radius 2 is 2.20 bits per heavy atom. The summed E-state index contributed by atoms with van der Waals surface area (Å²) in [4.78, 5) is 26.3. The van der Waals surface area contributed by atoms with E-state index in [0.717, 1.165) is 6.42 Å². The van der Waals surface area contributed by atoms with Crippen LogP contribution in [0.5, 0.6) is 0 Å². The lowest BCUT2D eigenvalue weighted by molar-refractivity contribution is -0.383. The molecule has 1 saturated heterocycles. The Kier molecular flexibility index (Phi) is 3.89. The molecule has 1 heterocycles. The average Bonchev–Trinajstić information content (AvgIpc) is 2.87. The second-order valence-corrected chi connectivity index (χ2v) is 5.19. The van der Waals surface area contributed by atoms with Gasteiger partial charge in [-0.25, -0.2) is 0 Å². The van der Waals surface area contributed by atoms with Gasteiger partial charge in [-0.15, -0.1) is 0 Å². The molecule has 0 saturated carbocycles. The van der Waals surface area contributed by atoms with Crippen molar-refractivity contribution >= 4 is 17.3 Å². The maximum Gasteiger partial charge on any atom is 0.292 e. The smallest absolute Gasteiger partial charge is 0.292 e. The zero-order valence-electron chi connectivity index (χ0n) is 11.6. The van der Waals surface area contributed by atoms with Crippen molar-refractivity contribution in [3.63, 3.8) is 0 Å². The van der Waals surface area contributed by atoms with Crippen LogP contribution >= 0.6 is 0 Å². The molecule has 0 aliphatic carbocycles. The number of anilines is 1. The van der Waals surface area contributed by atoms with Crippen molar-refractivity contribution in [1.82, 2.24) is 9.80 Å². The molecular formula is C13H18N4O3. The van der Waals surface area contributed by atoms with Crippen molar-refractivity contribution in [2.75, 3.05) is 32.9 Å². The molecule has 108 valence electrons. The number of likely N-dealkylation sites (N-methyl/N-ethyl adjacent to an activating group) is 1. The van der Waals surface area contributed by atoms with E-state index in [2.05, 4.69) is 4.90 Å². The summed E-state index contributed by atoms with van der Waals surface area (Å²) in [6.07, 6.45) is 0.932. The van der Waals surface area contributed by atoms with Crippen molar-refractivity contribution in [3.8, 4) is 0 Å². The minimum Gasteiger partial charge on any atom is -0.393 e. The minimum atomic E-state index is -0.554. The van der Waals surface area contributed by atoms with E-state index < -0.39 is 4.92 Å². The van der Waals surface area contributed by atoms with Crippen LogP contribution in [-0.4, -0.2) is 53.9 Å². The van der Waals surface area contributed by atoms with E-state index >= 15 is 0 Å². The van der Waals surface area contributed by atoms with E-state index in [9.17, 15) is 14.9 Å². The number of nitrogens with two attached hydrogens (primary N) is 1. The largest absolute Gasteiger partial charge is 0.393 e. The van der Waals surface area contributed by atoms with Gasteiger partial charge in [-0.1, -0.05) is 0 Å². The zero-order valence-corrected chi connectivity index (χ0v) is 11.6. The molecule has 1 amide bonds. The van der Waals surface area contributed by atoms with Gasteiger partial charge >= 0.3 is 0 Å². The minimum absolute atomic E-state index is 0.0178. The van der Waals surface area contributed by atoms with Gasteiger partial charge in [0.15, 0.2) is 0 Å². The van der Waals surface area contributed by atoms with Crippen LogP contribution in [0.25, 0.3) is 0 Å². The van der Waals surface area contributed by atoms with Crippen LogP contribution in [-0.2, 0) is 0 Å². The molecule has 1 fully saturated rings. The molecule has 20 heavy (non-hydrogen) atoms. The number of rotatable bonds is 3. The quantitative estimate of drug-likeness (QED) is 0.505. The Labute approximate surface area is 117 Å². The molecule has 1 unspecified atom stereocenters. The predicted octanol–water partition coefficient (Wildman–Crippen LogP) is 0.953. The number of benzene rings is 1. The van der Waals surface area contributed by atoms with Crippen molar-refractivity contribution in [3.05, 3.63) is 33.9 Å². The molecular weight excluding hydrogens is 260 g/mol. The number of nitrogens with zero attached hydrogens (tertiary/aromatic N) is 3. The third kappa shape index (κ3) is 2.72. The molecule has 7 heteroatoms. The van der Waals surface area contributed by atoms with Crippen LogP contribution in [0.4, 0.5) is 11.4 Å². The van der Waals surface area contributed by atoms with Gasteiger partial charge in [0.2, 0.25) is 0 Å². The monoisotopic (exact) mass is 278 g/mol. The fraction of sp³-hybridized carbons (Fsp3) is 0.462. The van der Waals surface area contributed by atoms with Gasteiger partial charge < -0.3 is 15.5 Å². The standard InChI is InChI=1S/C13H18N4O3/c1-15(2)10-5-6-16(8-10)13(18)9-3-4-12(17(19)20)11(14)7-9/h3-4,7,10H,5-6,8,14H2,1-2H3. The summed E-state index contributed by atoms with van der Waals surface area (Å²) in [6, 6.07) is 4.47. The molecule has 1 atom stereocenters. The third-order valence-electron chi connectivity index (χ3n) is 3.65. The van der Waals surface area contributed by atoms with Crippen LogP contribution in [0.3, 0.4) is 0 Å². The molecule has 1 aliphatic rings. The van der Waals surface area contributed by atoms with Gasteiger partial charge in [0.1, 0.15) is 5.69 Å². The van der Waals surface area contributed by atoms with Crippen LogP contribution in [0.1, 0.15) is 16.8 Å². The lowest BCUT2D eigenvalue weighted by Crippen LogP contribution is -2.34. The van der Waals surface area contributed by atoms with Crippen LogP contribution in [0.15, 0.2) is 18.2 Å². The third-order valence-corrected chi connectivity index (χ3v) is 3.65. The van der Waals surface area contributed by atoms with E-state index in [1.165, 1.54) is 18.2 Å². The summed E-state index contributed by atoms with van der Waals surface area (Å²) >= 11 is 0. The maximum absolute atomic E-state index is 12.3. The highest BCUT2D eigenvalue weighted by Gasteiger charge is 2.28. The predicted molar refractivity (Wildman–Crippen MR) is 75.5 cm³/mol. The van der Waals surface area contributed by atoms with Crippen molar-refractivity contribution in [2.24, 2.45) is 0 Å². The lowest BCUT2D eigenvalue weighted by Gasteiger charge is -2.20. The number of amides is 1. The lowest BCUT2D eigenvalue weighted by atomic mass is 10.1. The Balaban J connectivity index is 2.14. The van der Waals surface area contributed by atoms with E-state index in [-0.39, 0.29) is 17.3 Å². The van der Waals surface area contributed by atoms with Gasteiger partial charge in [0.05, 0.1) is 4.92 Å². The second kappa shape index (κ2) is 5.46. The van der Waals surface area contributed by atoms with E-state index in [1.807, 2.05) is 14.1 Å². The molecule has 0 bridgehead atoms. The number of carbonyl (C=O) groups is 1. The van der Waals surface area contributed by atoms with Crippen molar-refractivity contribution < 1.29 is 9.72 Å². The van der Waals surface area contributed by atoms with Crippen LogP contribution in [0.2, 0.25) is 0 Å². The normalized spacial score (nSPS) is 18.6.